The maximum Gasteiger partial charge on any atom is 0.500 e. The van der Waals surface area contributed by atoms with E-state index in [0.717, 1.165) is 6.42 Å². The van der Waals surface area contributed by atoms with Crippen LogP contribution in [0.15, 0.2) is 5.11 Å². The molecule has 0 fully saturated rings. The molecule has 0 saturated carbocycles. The first kappa shape index (κ1) is 37.8. The van der Waals surface area contributed by atoms with Crippen LogP contribution in [0.25, 0.3) is 10.4 Å². The van der Waals surface area contributed by atoms with Crippen molar-refractivity contribution in [3.63, 3.8) is 0 Å². The number of carbonyl (C=O) groups is 4. The van der Waals surface area contributed by atoms with Crippen molar-refractivity contribution in [1.29, 1.82) is 0 Å². The molecule has 4 N–H and O–H groups in total. The Hall–Kier alpha value is -2.23. The summed E-state index contributed by atoms with van der Waals surface area (Å²) >= 11 is 3.34. The smallest absolute Gasteiger partial charge is 0.465 e. The van der Waals surface area contributed by atoms with Crippen LogP contribution < -0.4 is 16.4 Å². The predicted octanol–water partition coefficient (Wildman–Crippen LogP) is 2.57. The van der Waals surface area contributed by atoms with Crippen LogP contribution in [0.4, 0.5) is 0 Å². The topological polar surface area (TPSA) is 204 Å². The number of ether oxygens (including phenoxy) is 1. The minimum Gasteiger partial charge on any atom is -0.465 e. The van der Waals surface area contributed by atoms with Crippen molar-refractivity contribution >= 4 is 48.4 Å². The summed E-state index contributed by atoms with van der Waals surface area (Å²) in [5, 5.41) is 8.62. The average Bonchev–Trinajstić information content (AvgIpc) is 2.92. The van der Waals surface area contributed by atoms with Crippen molar-refractivity contribution < 1.29 is 37.2 Å². The van der Waals surface area contributed by atoms with Crippen molar-refractivity contribution in [2.75, 3.05) is 47.6 Å². The van der Waals surface area contributed by atoms with E-state index < -0.39 is 36.8 Å². The Bertz CT molecular complexity index is 847. The number of esters is 1. The predicted molar refractivity (Wildman–Crippen MR) is 154 cm³/mol. The van der Waals surface area contributed by atoms with Gasteiger partial charge in [-0.1, -0.05) is 21.0 Å². The van der Waals surface area contributed by atoms with Crippen molar-refractivity contribution in [3.05, 3.63) is 10.4 Å². The molecule has 0 bridgehead atoms. The largest absolute Gasteiger partial charge is 0.500 e. The lowest BCUT2D eigenvalue weighted by atomic mass is 9.80. The number of hydrogen-bond acceptors (Lipinski definition) is 9. The summed E-state index contributed by atoms with van der Waals surface area (Å²) < 4.78 is 21.6. The standard InChI is InChI=1S/C24H45BrN6O8Si/c1-24(2,23(35)39-13-9-10-14-40(36-3,37-4)38-5)16-18(21(26)33)15-19(25)22(34)29-12-8-6-7-11-28-20(32)17-30-31-27/h18-19H,6-17H2,1-5H3,(H2,26,33)(H,28,32)(H,29,34). The summed E-state index contributed by atoms with van der Waals surface area (Å²) in [4.78, 5) is 50.6. The van der Waals surface area contributed by atoms with Gasteiger partial charge in [-0.05, 0) is 64.3 Å². The van der Waals surface area contributed by atoms with Crippen LogP contribution in [-0.2, 0) is 37.2 Å². The highest BCUT2D eigenvalue weighted by Gasteiger charge is 2.38. The number of alkyl halides is 1. The molecule has 0 aliphatic heterocycles. The summed E-state index contributed by atoms with van der Waals surface area (Å²) in [6.45, 7) is 4.22. The normalized spacial score (nSPS) is 13.1. The van der Waals surface area contributed by atoms with Crippen LogP contribution in [0.1, 0.15) is 58.8 Å². The number of hydrogen-bond donors (Lipinski definition) is 3. The van der Waals surface area contributed by atoms with Gasteiger partial charge < -0.3 is 34.4 Å². The third-order valence-electron chi connectivity index (χ3n) is 6.28. The maximum atomic E-state index is 12.7. The Kier molecular flexibility index (Phi) is 19.5. The molecular formula is C24H45BrN6O8Si. The van der Waals surface area contributed by atoms with Crippen LogP contribution >= 0.6 is 15.9 Å². The lowest BCUT2D eigenvalue weighted by molar-refractivity contribution is -0.155. The summed E-state index contributed by atoms with van der Waals surface area (Å²) in [5.41, 5.74) is 12.8. The SMILES string of the molecule is CO[Si](CCCCOC(=O)C(C)(C)CC(CC(Br)C(=O)NCCCCCNC(=O)CN=[N+]=[N-])C(N)=O)(OC)OC. The molecule has 2 atom stereocenters. The van der Waals surface area contributed by atoms with Crippen LogP contribution in [0.3, 0.4) is 0 Å². The van der Waals surface area contributed by atoms with Crippen molar-refractivity contribution in [3.8, 4) is 0 Å². The summed E-state index contributed by atoms with van der Waals surface area (Å²) in [7, 11) is 1.96. The van der Waals surface area contributed by atoms with Crippen molar-refractivity contribution in [2.45, 2.75) is 69.7 Å². The summed E-state index contributed by atoms with van der Waals surface area (Å²) in [6.07, 6.45) is 3.73. The Labute approximate surface area is 245 Å². The second kappa shape index (κ2) is 20.6. The Morgan fingerprint density at radius 2 is 1.60 bits per heavy atom. The summed E-state index contributed by atoms with van der Waals surface area (Å²) in [5.74, 6) is -2.38. The number of halogens is 1. The second-order valence-corrected chi connectivity index (χ2v) is 14.1. The number of nitrogens with one attached hydrogen (secondary N) is 2. The van der Waals surface area contributed by atoms with E-state index in [1.54, 1.807) is 35.2 Å². The van der Waals surface area contributed by atoms with Gasteiger partial charge in [-0.15, -0.1) is 0 Å². The number of rotatable bonds is 23. The molecule has 230 valence electrons. The van der Waals surface area contributed by atoms with E-state index in [-0.39, 0.29) is 37.8 Å². The molecule has 2 unspecified atom stereocenters. The lowest BCUT2D eigenvalue weighted by Gasteiger charge is -2.27. The third-order valence-corrected chi connectivity index (χ3v) is 9.91. The molecule has 0 aromatic carbocycles. The number of nitrogens with zero attached hydrogens (tertiary/aromatic N) is 3. The number of azide groups is 1. The lowest BCUT2D eigenvalue weighted by Crippen LogP contribution is -2.42. The Morgan fingerprint density at radius 1 is 1.00 bits per heavy atom. The second-order valence-electron chi connectivity index (χ2n) is 9.87. The molecule has 0 heterocycles. The van der Waals surface area contributed by atoms with Gasteiger partial charge in [0.1, 0.15) is 6.54 Å². The van der Waals surface area contributed by atoms with Crippen LogP contribution in [0, 0.1) is 11.3 Å². The van der Waals surface area contributed by atoms with Crippen LogP contribution in [-0.4, -0.2) is 84.9 Å². The quantitative estimate of drug-likeness (QED) is 0.0284. The van der Waals surface area contributed by atoms with E-state index in [4.69, 9.17) is 29.3 Å². The minimum absolute atomic E-state index is 0.132. The molecule has 0 rings (SSSR count). The first-order valence-electron chi connectivity index (χ1n) is 13.2. The fourth-order valence-corrected chi connectivity index (χ4v) is 6.25. The number of nitrogens with two attached hydrogens (primary N) is 1. The fraction of sp³-hybridized carbons (Fsp3) is 0.833. The van der Waals surface area contributed by atoms with Gasteiger partial charge in [0.05, 0.1) is 16.8 Å². The van der Waals surface area contributed by atoms with Crippen molar-refractivity contribution in [1.82, 2.24) is 10.6 Å². The van der Waals surface area contributed by atoms with Gasteiger partial charge in [-0.2, -0.15) is 0 Å². The third kappa shape index (κ3) is 15.5. The number of unbranched alkanes of at least 4 members (excludes halogenated alkanes) is 3. The monoisotopic (exact) mass is 652 g/mol. The molecule has 0 radical (unpaired) electrons. The number of amides is 3. The van der Waals surface area contributed by atoms with Crippen LogP contribution in [0.2, 0.25) is 6.04 Å². The highest BCUT2D eigenvalue weighted by Crippen LogP contribution is 2.31. The fourth-order valence-electron chi connectivity index (χ4n) is 3.84. The molecule has 0 aliphatic carbocycles. The number of primary amides is 1. The molecule has 40 heavy (non-hydrogen) atoms. The van der Waals surface area contributed by atoms with Gasteiger partial charge in [-0.3, -0.25) is 19.2 Å². The molecule has 0 aromatic heterocycles. The zero-order valence-electron chi connectivity index (χ0n) is 24.2. The van der Waals surface area contributed by atoms with E-state index in [9.17, 15) is 19.2 Å². The Balaban J connectivity index is 4.48. The zero-order chi connectivity index (χ0) is 30.6. The minimum atomic E-state index is -2.67. The molecule has 0 aromatic rings. The molecule has 0 spiro atoms. The van der Waals surface area contributed by atoms with Gasteiger partial charge in [-0.25, -0.2) is 0 Å². The van der Waals surface area contributed by atoms with E-state index in [0.29, 0.717) is 44.8 Å². The van der Waals surface area contributed by atoms with Gasteiger partial charge in [0, 0.05) is 51.3 Å². The first-order chi connectivity index (χ1) is 18.9. The van der Waals surface area contributed by atoms with E-state index in [1.165, 1.54) is 0 Å². The van der Waals surface area contributed by atoms with E-state index in [2.05, 4.69) is 36.6 Å². The highest BCUT2D eigenvalue weighted by molar-refractivity contribution is 9.10. The molecule has 14 nitrogen and oxygen atoms in total. The van der Waals surface area contributed by atoms with E-state index >= 15 is 0 Å². The first-order valence-corrected chi connectivity index (χ1v) is 16.0. The van der Waals surface area contributed by atoms with E-state index in [1.807, 2.05) is 0 Å². The maximum absolute atomic E-state index is 12.7. The van der Waals surface area contributed by atoms with Crippen LogP contribution in [0.5, 0.6) is 0 Å². The number of carbonyl (C=O) groups excluding carboxylic acids is 4. The summed E-state index contributed by atoms with van der Waals surface area (Å²) in [6, 6.07) is 0.592. The highest BCUT2D eigenvalue weighted by atomic mass is 79.9. The van der Waals surface area contributed by atoms with Crippen molar-refractivity contribution in [2.24, 2.45) is 22.2 Å². The van der Waals surface area contributed by atoms with Gasteiger partial charge in [0.15, 0.2) is 0 Å². The zero-order valence-corrected chi connectivity index (χ0v) is 26.8. The average molecular weight is 654 g/mol. The molecule has 3 amide bonds. The molecule has 0 saturated heterocycles. The molecular weight excluding hydrogens is 608 g/mol. The Morgan fingerprint density at radius 3 is 2.15 bits per heavy atom. The van der Waals surface area contributed by atoms with Gasteiger partial charge in [0.2, 0.25) is 17.7 Å². The van der Waals surface area contributed by atoms with Gasteiger partial charge in [0.25, 0.3) is 0 Å². The van der Waals surface area contributed by atoms with Gasteiger partial charge >= 0.3 is 14.8 Å². The molecule has 16 heteroatoms. The molecule has 0 aliphatic rings.